The van der Waals surface area contributed by atoms with Crippen LogP contribution in [0, 0.1) is 20.7 Å². The summed E-state index contributed by atoms with van der Waals surface area (Å²) < 4.78 is 56.7. The number of aromatic nitrogens is 1. The van der Waals surface area contributed by atoms with Crippen LogP contribution in [0.1, 0.15) is 53.6 Å². The predicted octanol–water partition coefficient (Wildman–Crippen LogP) is 6.44. The lowest BCUT2D eigenvalue weighted by Crippen LogP contribution is -2.54. The van der Waals surface area contributed by atoms with Gasteiger partial charge in [0.1, 0.15) is 11.4 Å². The summed E-state index contributed by atoms with van der Waals surface area (Å²) in [7, 11) is 0. The van der Waals surface area contributed by atoms with Crippen LogP contribution in [0.5, 0.6) is 0 Å². The maximum absolute atomic E-state index is 14.7. The number of carbonyl (C=O) groups is 1. The summed E-state index contributed by atoms with van der Waals surface area (Å²) in [4.78, 5) is 17.7. The average molecular weight is 622 g/mol. The number of rotatable bonds is 6. The molecule has 1 atom stereocenters. The van der Waals surface area contributed by atoms with Gasteiger partial charge in [-0.2, -0.15) is 18.4 Å². The number of halogens is 5. The van der Waals surface area contributed by atoms with Crippen LogP contribution in [0.15, 0.2) is 60.8 Å². The summed E-state index contributed by atoms with van der Waals surface area (Å²) in [5.41, 5.74) is -1.84. The standard InChI is InChI=1S/C27H23F4IN4O/c28-21-12-19(11-20(13-21)27(29,30)31)26(24-9-8-22(32)16-34-24,14-17-4-3-5-18(10-17)15-33)36-25(37)35-23-6-1-2-7-23/h3-5,8-13,16,23H,1-2,6-7,14H2,(H2,35,36,37)/t26-/m1/s1. The molecular formula is C27H23F4IN4O. The highest BCUT2D eigenvalue weighted by atomic mass is 127. The van der Waals surface area contributed by atoms with Gasteiger partial charge in [0, 0.05) is 22.2 Å². The molecule has 1 heterocycles. The van der Waals surface area contributed by atoms with E-state index in [0.717, 1.165) is 41.4 Å². The first kappa shape index (κ1) is 26.9. The van der Waals surface area contributed by atoms with E-state index in [2.05, 4.69) is 15.6 Å². The summed E-state index contributed by atoms with van der Waals surface area (Å²) in [5.74, 6) is -1.09. The number of urea groups is 1. The van der Waals surface area contributed by atoms with Gasteiger partial charge in [-0.1, -0.05) is 25.0 Å². The molecule has 37 heavy (non-hydrogen) atoms. The van der Waals surface area contributed by atoms with Crippen molar-refractivity contribution in [2.45, 2.75) is 49.9 Å². The van der Waals surface area contributed by atoms with Gasteiger partial charge < -0.3 is 10.6 Å². The Balaban J connectivity index is 1.91. The normalized spacial score (nSPS) is 15.6. The summed E-state index contributed by atoms with van der Waals surface area (Å²) in [6, 6.07) is 13.5. The van der Waals surface area contributed by atoms with Gasteiger partial charge in [-0.05, 0) is 89.0 Å². The third-order valence-corrected chi connectivity index (χ3v) is 7.06. The number of nitriles is 1. The Hall–Kier alpha value is -3.20. The third kappa shape index (κ3) is 6.39. The SMILES string of the molecule is N#Cc1cccc(C[C@@](NC(=O)NC2CCCC2)(c2cc(F)cc(C(F)(F)F)c2)c2ccc(I)cn2)c1. The zero-order valence-corrected chi connectivity index (χ0v) is 21.7. The highest BCUT2D eigenvalue weighted by molar-refractivity contribution is 14.1. The van der Waals surface area contributed by atoms with E-state index in [0.29, 0.717) is 17.2 Å². The van der Waals surface area contributed by atoms with Crippen molar-refractivity contribution in [2.24, 2.45) is 0 Å². The highest BCUT2D eigenvalue weighted by Gasteiger charge is 2.41. The largest absolute Gasteiger partial charge is 0.416 e. The van der Waals surface area contributed by atoms with E-state index < -0.39 is 29.1 Å². The lowest BCUT2D eigenvalue weighted by molar-refractivity contribution is -0.137. The Bertz CT molecular complexity index is 1320. The Morgan fingerprint density at radius 2 is 1.81 bits per heavy atom. The molecule has 0 saturated heterocycles. The van der Waals surface area contributed by atoms with Gasteiger partial charge in [-0.3, -0.25) is 4.98 Å². The van der Waals surface area contributed by atoms with E-state index in [1.807, 2.05) is 28.7 Å². The Labute approximate surface area is 225 Å². The fraction of sp³-hybridized carbons (Fsp3) is 0.296. The molecule has 2 aromatic carbocycles. The maximum atomic E-state index is 14.7. The van der Waals surface area contributed by atoms with Gasteiger partial charge >= 0.3 is 12.2 Å². The number of pyridine rings is 1. The van der Waals surface area contributed by atoms with E-state index >= 15 is 0 Å². The van der Waals surface area contributed by atoms with Gasteiger partial charge in [0.15, 0.2) is 0 Å². The van der Waals surface area contributed by atoms with Crippen LogP contribution in [-0.4, -0.2) is 17.1 Å². The number of amides is 2. The van der Waals surface area contributed by atoms with Gasteiger partial charge in [-0.15, -0.1) is 0 Å². The van der Waals surface area contributed by atoms with Gasteiger partial charge in [0.2, 0.25) is 0 Å². The minimum Gasteiger partial charge on any atom is -0.335 e. The predicted molar refractivity (Wildman–Crippen MR) is 138 cm³/mol. The fourth-order valence-corrected chi connectivity index (χ4v) is 5.01. The van der Waals surface area contributed by atoms with Crippen LogP contribution in [0.25, 0.3) is 0 Å². The first-order chi connectivity index (χ1) is 17.6. The molecule has 0 bridgehead atoms. The van der Waals surface area contributed by atoms with Gasteiger partial charge in [-0.25, -0.2) is 9.18 Å². The summed E-state index contributed by atoms with van der Waals surface area (Å²) in [6.45, 7) is 0. The molecule has 1 fully saturated rings. The molecule has 0 aliphatic heterocycles. The van der Waals surface area contributed by atoms with Gasteiger partial charge in [0.05, 0.1) is 22.9 Å². The van der Waals surface area contributed by atoms with Crippen molar-refractivity contribution in [2.75, 3.05) is 0 Å². The third-order valence-electron chi connectivity index (χ3n) is 6.43. The van der Waals surface area contributed by atoms with Crippen LogP contribution in [0.2, 0.25) is 0 Å². The Morgan fingerprint density at radius 3 is 2.46 bits per heavy atom. The molecule has 1 saturated carbocycles. The Morgan fingerprint density at radius 1 is 1.08 bits per heavy atom. The molecule has 5 nitrogen and oxygen atoms in total. The van der Waals surface area contributed by atoms with E-state index in [9.17, 15) is 27.6 Å². The topological polar surface area (TPSA) is 77.8 Å². The van der Waals surface area contributed by atoms with E-state index in [-0.39, 0.29) is 23.7 Å². The lowest BCUT2D eigenvalue weighted by Gasteiger charge is -2.36. The van der Waals surface area contributed by atoms with E-state index in [1.54, 1.807) is 36.4 Å². The highest BCUT2D eigenvalue weighted by Crippen LogP contribution is 2.38. The first-order valence-corrected chi connectivity index (χ1v) is 12.7. The summed E-state index contributed by atoms with van der Waals surface area (Å²) in [6.07, 6.45) is 0.166. The smallest absolute Gasteiger partial charge is 0.335 e. The van der Waals surface area contributed by atoms with Crippen molar-refractivity contribution in [3.8, 4) is 6.07 Å². The van der Waals surface area contributed by atoms with Crippen LogP contribution in [0.3, 0.4) is 0 Å². The molecule has 1 aromatic heterocycles. The molecule has 0 spiro atoms. The molecule has 0 unspecified atom stereocenters. The van der Waals surface area contributed by atoms with Crippen LogP contribution >= 0.6 is 22.6 Å². The molecule has 2 amide bonds. The zero-order chi connectivity index (χ0) is 26.6. The molecule has 0 radical (unpaired) electrons. The maximum Gasteiger partial charge on any atom is 0.416 e. The quantitative estimate of drug-likeness (QED) is 0.245. The van der Waals surface area contributed by atoms with Crippen molar-refractivity contribution in [1.29, 1.82) is 5.26 Å². The monoisotopic (exact) mass is 622 g/mol. The molecule has 10 heteroatoms. The average Bonchev–Trinajstić information content (AvgIpc) is 3.36. The minimum atomic E-state index is -4.81. The fourth-order valence-electron chi connectivity index (χ4n) is 4.69. The van der Waals surface area contributed by atoms with Crippen molar-refractivity contribution >= 4 is 28.6 Å². The first-order valence-electron chi connectivity index (χ1n) is 11.7. The van der Waals surface area contributed by atoms with Crippen LogP contribution in [0.4, 0.5) is 22.4 Å². The second-order valence-electron chi connectivity index (χ2n) is 9.06. The van der Waals surface area contributed by atoms with E-state index in [1.165, 1.54) is 6.20 Å². The van der Waals surface area contributed by atoms with Crippen LogP contribution < -0.4 is 10.6 Å². The molecule has 3 aromatic rings. The summed E-state index contributed by atoms with van der Waals surface area (Å²) >= 11 is 2.04. The van der Waals surface area contributed by atoms with Crippen molar-refractivity contribution in [3.63, 3.8) is 0 Å². The number of hydrogen-bond donors (Lipinski definition) is 2. The second-order valence-corrected chi connectivity index (χ2v) is 10.3. The number of nitrogens with zero attached hydrogens (tertiary/aromatic N) is 2. The Kier molecular flexibility index (Phi) is 8.02. The second kappa shape index (κ2) is 11.0. The minimum absolute atomic E-state index is 0.0671. The number of benzene rings is 2. The molecule has 1 aliphatic carbocycles. The van der Waals surface area contributed by atoms with Crippen molar-refractivity contribution < 1.29 is 22.4 Å². The molecule has 2 N–H and O–H groups in total. The number of carbonyl (C=O) groups excluding carboxylic acids is 1. The molecule has 192 valence electrons. The number of nitrogens with one attached hydrogen (secondary N) is 2. The van der Waals surface area contributed by atoms with Crippen molar-refractivity contribution in [1.82, 2.24) is 15.6 Å². The van der Waals surface area contributed by atoms with Crippen LogP contribution in [-0.2, 0) is 18.1 Å². The molecule has 1 aliphatic rings. The zero-order valence-electron chi connectivity index (χ0n) is 19.6. The van der Waals surface area contributed by atoms with Crippen molar-refractivity contribution in [3.05, 3.63) is 98.1 Å². The number of hydrogen-bond acceptors (Lipinski definition) is 3. The lowest BCUT2D eigenvalue weighted by atomic mass is 9.79. The summed E-state index contributed by atoms with van der Waals surface area (Å²) in [5, 5.41) is 15.1. The van der Waals surface area contributed by atoms with Gasteiger partial charge in [0.25, 0.3) is 0 Å². The van der Waals surface area contributed by atoms with E-state index in [4.69, 9.17) is 0 Å². The number of alkyl halides is 3. The molecular weight excluding hydrogens is 599 g/mol. The molecule has 4 rings (SSSR count).